The molecule has 0 saturated carbocycles. The number of carbonyl (C=O) groups is 1. The van der Waals surface area contributed by atoms with Gasteiger partial charge in [-0.3, -0.25) is 14.2 Å². The molecule has 0 aliphatic rings. The maximum absolute atomic E-state index is 12.8. The number of rotatable bonds is 3. The Hall–Kier alpha value is -2.97. The Balaban J connectivity index is 1.82. The second kappa shape index (κ2) is 5.67. The van der Waals surface area contributed by atoms with E-state index in [0.717, 1.165) is 12.3 Å². The number of hydrogen-bond donors (Lipinski definition) is 1. The van der Waals surface area contributed by atoms with Crippen molar-refractivity contribution >= 4 is 11.6 Å². The third-order valence-corrected chi connectivity index (χ3v) is 3.10. The molecule has 6 nitrogen and oxygen atoms in total. The minimum Gasteiger partial charge on any atom is -0.343 e. The summed E-state index contributed by atoms with van der Waals surface area (Å²) in [5, 5.41) is 10.1. The summed E-state index contributed by atoms with van der Waals surface area (Å²) in [5.74, 6) is -0.260. The second-order valence-electron chi connectivity index (χ2n) is 4.66. The molecule has 3 heterocycles. The number of alkyl halides is 3. The Bertz CT molecular complexity index is 844. The molecular weight excluding hydrogens is 311 g/mol. The van der Waals surface area contributed by atoms with Gasteiger partial charge in [-0.2, -0.15) is 13.2 Å². The zero-order valence-corrected chi connectivity index (χ0v) is 11.6. The lowest BCUT2D eigenvalue weighted by molar-refractivity contribution is -0.137. The number of carbonyl (C=O) groups excluding carboxylic acids is 1. The molecule has 1 amide bonds. The molecule has 9 heteroatoms. The van der Waals surface area contributed by atoms with Gasteiger partial charge >= 0.3 is 6.18 Å². The van der Waals surface area contributed by atoms with E-state index in [0.29, 0.717) is 0 Å². The van der Waals surface area contributed by atoms with Crippen LogP contribution < -0.4 is 5.32 Å². The summed E-state index contributed by atoms with van der Waals surface area (Å²) in [6.45, 7) is -0.0715. The van der Waals surface area contributed by atoms with E-state index in [9.17, 15) is 18.0 Å². The minimum absolute atomic E-state index is 0.0715. The molecule has 118 valence electrons. The van der Waals surface area contributed by atoms with E-state index in [4.69, 9.17) is 0 Å². The molecule has 1 N–H and O–H groups in total. The summed E-state index contributed by atoms with van der Waals surface area (Å²) < 4.78 is 39.5. The highest BCUT2D eigenvalue weighted by Gasteiger charge is 2.31. The highest BCUT2D eigenvalue weighted by Crippen LogP contribution is 2.29. The first-order valence-electron chi connectivity index (χ1n) is 6.55. The molecule has 0 aromatic carbocycles. The third kappa shape index (κ3) is 3.12. The van der Waals surface area contributed by atoms with Crippen LogP contribution in [0.15, 0.2) is 42.7 Å². The Morgan fingerprint density at radius 3 is 2.70 bits per heavy atom. The Morgan fingerprint density at radius 1 is 1.17 bits per heavy atom. The SMILES string of the molecule is O=C(NCc1nnc2ccc(C(F)(F)F)cn12)c1ccccn1. The van der Waals surface area contributed by atoms with E-state index in [1.165, 1.54) is 22.7 Å². The van der Waals surface area contributed by atoms with Crippen molar-refractivity contribution in [1.29, 1.82) is 0 Å². The van der Waals surface area contributed by atoms with E-state index in [1.54, 1.807) is 12.1 Å². The molecule has 0 saturated heterocycles. The number of amides is 1. The van der Waals surface area contributed by atoms with E-state index in [2.05, 4.69) is 20.5 Å². The van der Waals surface area contributed by atoms with Gasteiger partial charge in [-0.1, -0.05) is 6.07 Å². The fourth-order valence-electron chi connectivity index (χ4n) is 1.97. The van der Waals surface area contributed by atoms with Crippen LogP contribution in [0.5, 0.6) is 0 Å². The van der Waals surface area contributed by atoms with Crippen LogP contribution in [0.1, 0.15) is 21.9 Å². The standard InChI is InChI=1S/C14H10F3N5O/c15-14(16,17)9-4-5-11-20-21-12(22(11)8-9)7-19-13(23)10-3-1-2-6-18-10/h1-6,8H,7H2,(H,19,23). The monoisotopic (exact) mass is 321 g/mol. The van der Waals surface area contributed by atoms with Gasteiger partial charge in [-0.25, -0.2) is 0 Å². The van der Waals surface area contributed by atoms with Gasteiger partial charge in [0.05, 0.1) is 12.1 Å². The molecule has 0 aliphatic carbocycles. The maximum Gasteiger partial charge on any atom is 0.417 e. The van der Waals surface area contributed by atoms with Gasteiger partial charge in [0.1, 0.15) is 5.69 Å². The molecule has 0 bridgehead atoms. The van der Waals surface area contributed by atoms with Crippen LogP contribution in [0.4, 0.5) is 13.2 Å². The van der Waals surface area contributed by atoms with Gasteiger partial charge in [-0.15, -0.1) is 10.2 Å². The summed E-state index contributed by atoms with van der Waals surface area (Å²) in [7, 11) is 0. The second-order valence-corrected chi connectivity index (χ2v) is 4.66. The lowest BCUT2D eigenvalue weighted by Gasteiger charge is -2.08. The molecule has 3 aromatic heterocycles. The zero-order chi connectivity index (χ0) is 16.4. The lowest BCUT2D eigenvalue weighted by Crippen LogP contribution is -2.24. The minimum atomic E-state index is -4.47. The van der Waals surface area contributed by atoms with Gasteiger partial charge in [0.25, 0.3) is 5.91 Å². The highest BCUT2D eigenvalue weighted by molar-refractivity contribution is 5.92. The fraction of sp³-hybridized carbons (Fsp3) is 0.143. The summed E-state index contributed by atoms with van der Waals surface area (Å²) in [4.78, 5) is 15.8. The summed E-state index contributed by atoms with van der Waals surface area (Å²) in [5.41, 5.74) is -0.348. The Morgan fingerprint density at radius 2 is 2.00 bits per heavy atom. The lowest BCUT2D eigenvalue weighted by atomic mass is 10.3. The van der Waals surface area contributed by atoms with E-state index >= 15 is 0 Å². The van der Waals surface area contributed by atoms with Crippen molar-refractivity contribution in [3.8, 4) is 0 Å². The molecule has 3 aromatic rings. The van der Waals surface area contributed by atoms with Gasteiger partial charge in [-0.05, 0) is 24.3 Å². The third-order valence-electron chi connectivity index (χ3n) is 3.10. The van der Waals surface area contributed by atoms with Crippen LogP contribution in [0, 0.1) is 0 Å². The van der Waals surface area contributed by atoms with E-state index in [-0.39, 0.29) is 23.7 Å². The van der Waals surface area contributed by atoms with Gasteiger partial charge in [0, 0.05) is 12.4 Å². The van der Waals surface area contributed by atoms with Crippen molar-refractivity contribution in [3.05, 3.63) is 59.8 Å². The van der Waals surface area contributed by atoms with Crippen molar-refractivity contribution in [3.63, 3.8) is 0 Å². The average Bonchev–Trinajstić information content (AvgIpc) is 2.95. The molecular formula is C14H10F3N5O. The number of aromatic nitrogens is 4. The van der Waals surface area contributed by atoms with Crippen LogP contribution in [0.25, 0.3) is 5.65 Å². The van der Waals surface area contributed by atoms with Crippen molar-refractivity contribution < 1.29 is 18.0 Å². The molecule has 0 unspecified atom stereocenters. The van der Waals surface area contributed by atoms with Crippen LogP contribution in [-0.2, 0) is 12.7 Å². The summed E-state index contributed by atoms with van der Waals surface area (Å²) in [6, 6.07) is 7.00. The molecule has 0 radical (unpaired) electrons. The van der Waals surface area contributed by atoms with Crippen LogP contribution in [0.2, 0.25) is 0 Å². The molecule has 3 rings (SSSR count). The number of fused-ring (bicyclic) bond motifs is 1. The normalized spacial score (nSPS) is 11.6. The number of hydrogen-bond acceptors (Lipinski definition) is 4. The maximum atomic E-state index is 12.8. The van der Waals surface area contributed by atoms with Crippen LogP contribution in [0.3, 0.4) is 0 Å². The Kier molecular flexibility index (Phi) is 3.68. The number of nitrogens with zero attached hydrogens (tertiary/aromatic N) is 4. The molecule has 0 spiro atoms. The number of halogens is 3. The van der Waals surface area contributed by atoms with Gasteiger partial charge < -0.3 is 5.32 Å². The molecule has 0 aliphatic heterocycles. The van der Waals surface area contributed by atoms with Gasteiger partial charge in [0.2, 0.25) is 0 Å². The molecule has 0 atom stereocenters. The number of pyridine rings is 2. The fourth-order valence-corrected chi connectivity index (χ4v) is 1.97. The van der Waals surface area contributed by atoms with E-state index in [1.807, 2.05) is 0 Å². The van der Waals surface area contributed by atoms with Crippen molar-refractivity contribution in [2.24, 2.45) is 0 Å². The first kappa shape index (κ1) is 14.9. The summed E-state index contributed by atoms with van der Waals surface area (Å²) in [6.07, 6.45) is -2.10. The highest BCUT2D eigenvalue weighted by atomic mass is 19.4. The number of nitrogens with one attached hydrogen (secondary N) is 1. The first-order valence-corrected chi connectivity index (χ1v) is 6.55. The quantitative estimate of drug-likeness (QED) is 0.801. The Labute approximate surface area is 128 Å². The van der Waals surface area contributed by atoms with Crippen molar-refractivity contribution in [2.45, 2.75) is 12.7 Å². The van der Waals surface area contributed by atoms with Crippen molar-refractivity contribution in [2.75, 3.05) is 0 Å². The average molecular weight is 321 g/mol. The largest absolute Gasteiger partial charge is 0.417 e. The topological polar surface area (TPSA) is 72.2 Å². The predicted octanol–water partition coefficient (Wildman–Crippen LogP) is 2.07. The molecule has 23 heavy (non-hydrogen) atoms. The van der Waals surface area contributed by atoms with Gasteiger partial charge in [0.15, 0.2) is 11.5 Å². The van der Waals surface area contributed by atoms with E-state index < -0.39 is 17.6 Å². The zero-order valence-electron chi connectivity index (χ0n) is 11.6. The summed E-state index contributed by atoms with van der Waals surface area (Å²) >= 11 is 0. The van der Waals surface area contributed by atoms with Crippen LogP contribution in [-0.4, -0.2) is 25.5 Å². The molecule has 0 fully saturated rings. The first-order chi connectivity index (χ1) is 10.9. The van der Waals surface area contributed by atoms with Crippen molar-refractivity contribution in [1.82, 2.24) is 24.9 Å². The smallest absolute Gasteiger partial charge is 0.343 e. The predicted molar refractivity (Wildman–Crippen MR) is 73.4 cm³/mol. The van der Waals surface area contributed by atoms with Crippen LogP contribution >= 0.6 is 0 Å².